The Bertz CT molecular complexity index is 960. The predicted molar refractivity (Wildman–Crippen MR) is 97.4 cm³/mol. The maximum atomic E-state index is 12.5. The summed E-state index contributed by atoms with van der Waals surface area (Å²) in [5.41, 5.74) is 0.368. The molecule has 7 nitrogen and oxygen atoms in total. The molecule has 0 unspecified atom stereocenters. The first-order valence-corrected chi connectivity index (χ1v) is 8.15. The zero-order valence-electron chi connectivity index (χ0n) is 14.3. The minimum atomic E-state index is -0.228. The largest absolute Gasteiger partial charge is 0.465 e. The Kier molecular flexibility index (Phi) is 5.60. The van der Waals surface area contributed by atoms with Crippen molar-refractivity contribution in [2.24, 2.45) is 0 Å². The molecule has 0 bridgehead atoms. The van der Waals surface area contributed by atoms with Crippen LogP contribution in [-0.4, -0.2) is 41.0 Å². The van der Waals surface area contributed by atoms with Crippen molar-refractivity contribution in [2.75, 3.05) is 20.3 Å². The number of para-hydroxylation sites is 1. The molecule has 134 valence electrons. The van der Waals surface area contributed by atoms with Crippen LogP contribution in [0.25, 0.3) is 17.0 Å². The molecule has 1 N–H and O–H groups in total. The second-order valence-corrected chi connectivity index (χ2v) is 5.63. The van der Waals surface area contributed by atoms with Gasteiger partial charge in [0.2, 0.25) is 5.91 Å². The molecule has 3 aromatic rings. The number of carbonyl (C=O) groups excluding carboxylic acids is 1. The average Bonchev–Trinajstić information content (AvgIpc) is 3.17. The quantitative estimate of drug-likeness (QED) is 0.658. The molecule has 7 heteroatoms. The lowest BCUT2D eigenvalue weighted by molar-refractivity contribution is -0.127. The smallest absolute Gasteiger partial charge is 0.258 e. The summed E-state index contributed by atoms with van der Waals surface area (Å²) < 4.78 is 10.3. The van der Waals surface area contributed by atoms with Gasteiger partial charge >= 0.3 is 0 Å². The molecule has 0 saturated heterocycles. The van der Waals surface area contributed by atoms with Gasteiger partial charge in [-0.05, 0) is 30.3 Å². The number of fused-ring (bicyclic) bond motifs is 1. The van der Waals surface area contributed by atoms with Crippen LogP contribution in [0, 0.1) is 0 Å². The molecule has 0 aliphatic rings. The summed E-state index contributed by atoms with van der Waals surface area (Å²) in [5, 5.41) is 0.517. The number of nitrogens with zero attached hydrogens (tertiary/aromatic N) is 2. The standard InChI is InChI=1S/C19H19N3O4/c1-25-12-10-22(18(23)9-8-14-5-4-11-26-14)13-17-20-16-7-3-2-6-15(16)19(24)21-17/h2-9,11H,10,12-13H2,1H3,(H,20,21,24)/b9-8+. The first kappa shape index (κ1) is 17.6. The van der Waals surface area contributed by atoms with Crippen molar-refractivity contribution >= 4 is 22.9 Å². The van der Waals surface area contributed by atoms with Crippen LogP contribution in [0.4, 0.5) is 0 Å². The molecule has 0 atom stereocenters. The molecule has 0 saturated carbocycles. The summed E-state index contributed by atoms with van der Waals surface area (Å²) in [6, 6.07) is 10.6. The number of furan rings is 1. The fourth-order valence-corrected chi connectivity index (χ4v) is 2.50. The van der Waals surface area contributed by atoms with Gasteiger partial charge in [-0.3, -0.25) is 9.59 Å². The van der Waals surface area contributed by atoms with E-state index in [1.807, 2.05) is 6.07 Å². The number of aromatic nitrogens is 2. The summed E-state index contributed by atoms with van der Waals surface area (Å²) in [6.07, 6.45) is 4.56. The van der Waals surface area contributed by atoms with E-state index in [2.05, 4.69) is 9.97 Å². The fraction of sp³-hybridized carbons (Fsp3) is 0.211. The topological polar surface area (TPSA) is 88.4 Å². The number of methoxy groups -OCH3 is 1. The molecule has 0 fully saturated rings. The van der Waals surface area contributed by atoms with Crippen LogP contribution in [0.15, 0.2) is 57.9 Å². The monoisotopic (exact) mass is 353 g/mol. The number of carbonyl (C=O) groups is 1. The van der Waals surface area contributed by atoms with Gasteiger partial charge in [0.05, 0.1) is 30.3 Å². The highest BCUT2D eigenvalue weighted by atomic mass is 16.5. The van der Waals surface area contributed by atoms with E-state index in [9.17, 15) is 9.59 Å². The Labute approximate surface area is 149 Å². The maximum Gasteiger partial charge on any atom is 0.258 e. The first-order valence-electron chi connectivity index (χ1n) is 8.15. The van der Waals surface area contributed by atoms with E-state index in [-0.39, 0.29) is 18.0 Å². The van der Waals surface area contributed by atoms with Crippen molar-refractivity contribution in [3.8, 4) is 0 Å². The Balaban J connectivity index is 1.81. The molecule has 1 amide bonds. The third-order valence-corrected chi connectivity index (χ3v) is 3.81. The lowest BCUT2D eigenvalue weighted by Crippen LogP contribution is -2.33. The number of rotatable bonds is 7. The van der Waals surface area contributed by atoms with Crippen LogP contribution in [-0.2, 0) is 16.1 Å². The molecule has 0 aliphatic heterocycles. The van der Waals surface area contributed by atoms with Gasteiger partial charge in [0.25, 0.3) is 5.56 Å². The van der Waals surface area contributed by atoms with Crippen molar-refractivity contribution in [1.29, 1.82) is 0 Å². The van der Waals surface area contributed by atoms with Crippen LogP contribution in [0.2, 0.25) is 0 Å². The molecule has 0 spiro atoms. The normalized spacial score (nSPS) is 11.3. The van der Waals surface area contributed by atoms with E-state index in [0.717, 1.165) is 0 Å². The molecule has 0 aliphatic carbocycles. The van der Waals surface area contributed by atoms with Crippen LogP contribution in [0.3, 0.4) is 0 Å². The van der Waals surface area contributed by atoms with Crippen LogP contribution >= 0.6 is 0 Å². The molecule has 1 aromatic carbocycles. The van der Waals surface area contributed by atoms with Gasteiger partial charge in [-0.1, -0.05) is 12.1 Å². The van der Waals surface area contributed by atoms with E-state index >= 15 is 0 Å². The highest BCUT2D eigenvalue weighted by Gasteiger charge is 2.14. The van der Waals surface area contributed by atoms with Gasteiger partial charge in [-0.2, -0.15) is 0 Å². The number of aromatic amines is 1. The lowest BCUT2D eigenvalue weighted by Gasteiger charge is -2.20. The average molecular weight is 353 g/mol. The molecule has 3 rings (SSSR count). The Morgan fingerprint density at radius 1 is 1.31 bits per heavy atom. The summed E-state index contributed by atoms with van der Waals surface area (Å²) in [6.45, 7) is 0.914. The SMILES string of the molecule is COCCN(Cc1nc2ccccc2c(=O)[nH]1)C(=O)/C=C/c1ccco1. The molecular formula is C19H19N3O4. The van der Waals surface area contributed by atoms with Crippen molar-refractivity contribution in [1.82, 2.24) is 14.9 Å². The van der Waals surface area contributed by atoms with Crippen LogP contribution in [0.5, 0.6) is 0 Å². The highest BCUT2D eigenvalue weighted by molar-refractivity contribution is 5.91. The number of benzene rings is 1. The number of ether oxygens (including phenoxy) is 1. The van der Waals surface area contributed by atoms with Crippen molar-refractivity contribution in [2.45, 2.75) is 6.54 Å². The number of amides is 1. The lowest BCUT2D eigenvalue weighted by atomic mass is 10.2. The molecular weight excluding hydrogens is 334 g/mol. The van der Waals surface area contributed by atoms with Crippen molar-refractivity contribution < 1.29 is 13.9 Å². The fourth-order valence-electron chi connectivity index (χ4n) is 2.50. The zero-order valence-corrected chi connectivity index (χ0v) is 14.3. The van der Waals surface area contributed by atoms with Crippen molar-refractivity contribution in [3.05, 3.63) is 70.7 Å². The molecule has 2 heterocycles. The summed E-state index contributed by atoms with van der Waals surface area (Å²) in [5.74, 6) is 0.779. The second-order valence-electron chi connectivity index (χ2n) is 5.63. The van der Waals surface area contributed by atoms with E-state index in [4.69, 9.17) is 9.15 Å². The molecule has 0 radical (unpaired) electrons. The second kappa shape index (κ2) is 8.26. The third-order valence-electron chi connectivity index (χ3n) is 3.81. The van der Waals surface area contributed by atoms with E-state index < -0.39 is 0 Å². The van der Waals surface area contributed by atoms with Gasteiger partial charge in [0, 0.05) is 19.7 Å². The van der Waals surface area contributed by atoms with E-state index in [1.165, 1.54) is 12.3 Å². The summed E-state index contributed by atoms with van der Waals surface area (Å²) >= 11 is 0. The number of nitrogens with one attached hydrogen (secondary N) is 1. The number of hydrogen-bond acceptors (Lipinski definition) is 5. The molecule has 26 heavy (non-hydrogen) atoms. The Morgan fingerprint density at radius 3 is 2.92 bits per heavy atom. The number of hydrogen-bond donors (Lipinski definition) is 1. The van der Waals surface area contributed by atoms with Gasteiger partial charge in [-0.15, -0.1) is 0 Å². The minimum absolute atomic E-state index is 0.171. The predicted octanol–water partition coefficient (Wildman–Crippen LogP) is 2.20. The Hall–Kier alpha value is -3.19. The van der Waals surface area contributed by atoms with Crippen molar-refractivity contribution in [3.63, 3.8) is 0 Å². The third kappa shape index (κ3) is 4.25. The summed E-state index contributed by atoms with van der Waals surface area (Å²) in [4.78, 5) is 33.4. The number of H-pyrrole nitrogens is 1. The minimum Gasteiger partial charge on any atom is -0.465 e. The van der Waals surface area contributed by atoms with Gasteiger partial charge in [0.1, 0.15) is 11.6 Å². The van der Waals surface area contributed by atoms with Crippen LogP contribution in [0.1, 0.15) is 11.6 Å². The van der Waals surface area contributed by atoms with Gasteiger partial charge in [-0.25, -0.2) is 4.98 Å². The Morgan fingerprint density at radius 2 is 2.15 bits per heavy atom. The molecule has 2 aromatic heterocycles. The zero-order chi connectivity index (χ0) is 18.4. The van der Waals surface area contributed by atoms with Gasteiger partial charge in [0.15, 0.2) is 0 Å². The first-order chi connectivity index (χ1) is 12.7. The van der Waals surface area contributed by atoms with Crippen LogP contribution < -0.4 is 5.56 Å². The van der Waals surface area contributed by atoms with E-state index in [1.54, 1.807) is 48.4 Å². The maximum absolute atomic E-state index is 12.5. The summed E-state index contributed by atoms with van der Waals surface area (Å²) in [7, 11) is 1.57. The highest BCUT2D eigenvalue weighted by Crippen LogP contribution is 2.08. The van der Waals surface area contributed by atoms with Gasteiger partial charge < -0.3 is 19.0 Å². The van der Waals surface area contributed by atoms with E-state index in [0.29, 0.717) is 35.6 Å².